The van der Waals surface area contributed by atoms with Crippen molar-refractivity contribution in [1.82, 2.24) is 0 Å². The maximum Gasteiger partial charge on any atom is 0.315 e. The first-order valence-electron chi connectivity index (χ1n) is 6.55. The summed E-state index contributed by atoms with van der Waals surface area (Å²) in [6.07, 6.45) is 3.95. The van der Waals surface area contributed by atoms with Crippen LogP contribution in [-0.2, 0) is 0 Å². The number of para-hydroxylation sites is 1. The van der Waals surface area contributed by atoms with Gasteiger partial charge in [0.25, 0.3) is 0 Å². The molecule has 0 bridgehead atoms. The van der Waals surface area contributed by atoms with Crippen LogP contribution >= 0.6 is 0 Å². The number of hydrogen-bond acceptors (Lipinski definition) is 5. The van der Waals surface area contributed by atoms with Crippen LogP contribution in [0.15, 0.2) is 18.2 Å². The van der Waals surface area contributed by atoms with Crippen molar-refractivity contribution in [2.75, 3.05) is 23.8 Å². The van der Waals surface area contributed by atoms with Gasteiger partial charge in [-0.15, -0.1) is 0 Å². The lowest BCUT2D eigenvalue weighted by Gasteiger charge is -2.30. The molecule has 1 atom stereocenters. The number of benzene rings is 1. The van der Waals surface area contributed by atoms with Gasteiger partial charge in [0.1, 0.15) is 11.4 Å². The average molecular weight is 265 g/mol. The number of aliphatic hydroxyl groups excluding tert-OH is 1. The number of rotatable bonds is 3. The van der Waals surface area contributed by atoms with Crippen molar-refractivity contribution in [1.29, 1.82) is 0 Å². The zero-order valence-corrected chi connectivity index (χ0v) is 10.8. The Morgan fingerprint density at radius 2 is 2.21 bits per heavy atom. The van der Waals surface area contributed by atoms with Crippen LogP contribution in [0.1, 0.15) is 25.7 Å². The molecule has 3 N–H and O–H groups in total. The first-order valence-corrected chi connectivity index (χ1v) is 6.55. The third-order valence-corrected chi connectivity index (χ3v) is 3.63. The van der Waals surface area contributed by atoms with Gasteiger partial charge in [-0.2, -0.15) is 0 Å². The lowest BCUT2D eigenvalue weighted by molar-refractivity contribution is -0.383. The summed E-state index contributed by atoms with van der Waals surface area (Å²) < 4.78 is 0. The van der Waals surface area contributed by atoms with Crippen molar-refractivity contribution >= 4 is 17.1 Å². The standard InChI is InChI=1S/C13H19N3O3/c14-11-6-4-7-12(13(11)16(18)19)15-8-3-1-2-5-10(15)9-17/h4,6-7,10,17H,1-3,5,8-9,14H2. The molecule has 6 nitrogen and oxygen atoms in total. The fourth-order valence-corrected chi connectivity index (χ4v) is 2.66. The molecule has 2 rings (SSSR count). The maximum atomic E-state index is 11.2. The number of nitrogens with two attached hydrogens (primary N) is 1. The number of anilines is 2. The number of aliphatic hydroxyl groups is 1. The molecule has 1 aliphatic rings. The van der Waals surface area contributed by atoms with Gasteiger partial charge in [-0.05, 0) is 25.0 Å². The van der Waals surface area contributed by atoms with E-state index >= 15 is 0 Å². The highest BCUT2D eigenvalue weighted by atomic mass is 16.6. The van der Waals surface area contributed by atoms with Crippen LogP contribution in [0.25, 0.3) is 0 Å². The van der Waals surface area contributed by atoms with Gasteiger partial charge in [0.05, 0.1) is 17.6 Å². The smallest absolute Gasteiger partial charge is 0.315 e. The van der Waals surface area contributed by atoms with Crippen molar-refractivity contribution < 1.29 is 10.0 Å². The van der Waals surface area contributed by atoms with Gasteiger partial charge in [0.15, 0.2) is 0 Å². The third-order valence-electron chi connectivity index (χ3n) is 3.63. The fraction of sp³-hybridized carbons (Fsp3) is 0.538. The Balaban J connectivity index is 2.43. The van der Waals surface area contributed by atoms with Crippen molar-refractivity contribution in [3.05, 3.63) is 28.3 Å². The minimum absolute atomic E-state index is 0.00591. The molecule has 104 valence electrons. The lowest BCUT2D eigenvalue weighted by Crippen LogP contribution is -2.38. The first-order chi connectivity index (χ1) is 9.15. The van der Waals surface area contributed by atoms with Crippen molar-refractivity contribution in [3.63, 3.8) is 0 Å². The van der Waals surface area contributed by atoms with Gasteiger partial charge >= 0.3 is 5.69 Å². The molecule has 1 aliphatic heterocycles. The van der Waals surface area contributed by atoms with Gasteiger partial charge in [0.2, 0.25) is 0 Å². The van der Waals surface area contributed by atoms with E-state index in [0.717, 1.165) is 32.2 Å². The molecule has 19 heavy (non-hydrogen) atoms. The first kappa shape index (κ1) is 13.6. The third kappa shape index (κ3) is 2.78. The molecule has 0 aliphatic carbocycles. The summed E-state index contributed by atoms with van der Waals surface area (Å²) in [5, 5.41) is 20.7. The highest BCUT2D eigenvalue weighted by Gasteiger charge is 2.28. The normalized spacial score (nSPS) is 20.1. The summed E-state index contributed by atoms with van der Waals surface area (Å²) in [6, 6.07) is 4.90. The van der Waals surface area contributed by atoms with Gasteiger partial charge in [-0.1, -0.05) is 18.9 Å². The maximum absolute atomic E-state index is 11.2. The number of nitrogens with zero attached hydrogens (tertiary/aromatic N) is 2. The molecule has 0 saturated carbocycles. The number of hydrogen-bond donors (Lipinski definition) is 2. The molecule has 0 radical (unpaired) electrons. The van der Waals surface area contributed by atoms with E-state index in [1.165, 1.54) is 6.07 Å². The van der Waals surface area contributed by atoms with Crippen LogP contribution in [0.3, 0.4) is 0 Å². The molecule has 0 amide bonds. The Hall–Kier alpha value is -1.82. The predicted molar refractivity (Wildman–Crippen MR) is 74.2 cm³/mol. The molecule has 1 saturated heterocycles. The van der Waals surface area contributed by atoms with Crippen molar-refractivity contribution in [3.8, 4) is 0 Å². The van der Waals surface area contributed by atoms with Crippen LogP contribution in [-0.4, -0.2) is 29.2 Å². The lowest BCUT2D eigenvalue weighted by atomic mass is 10.1. The van der Waals surface area contributed by atoms with E-state index < -0.39 is 4.92 Å². The average Bonchev–Trinajstić information content (AvgIpc) is 2.62. The van der Waals surface area contributed by atoms with E-state index in [-0.39, 0.29) is 24.0 Å². The monoisotopic (exact) mass is 265 g/mol. The van der Waals surface area contributed by atoms with Crippen LogP contribution in [0, 0.1) is 10.1 Å². The Morgan fingerprint density at radius 1 is 1.42 bits per heavy atom. The topological polar surface area (TPSA) is 92.6 Å². The minimum atomic E-state index is -0.440. The van der Waals surface area contributed by atoms with Crippen molar-refractivity contribution in [2.24, 2.45) is 0 Å². The molecular weight excluding hydrogens is 246 g/mol. The molecular formula is C13H19N3O3. The molecule has 0 aromatic heterocycles. The highest BCUT2D eigenvalue weighted by Crippen LogP contribution is 2.36. The zero-order valence-electron chi connectivity index (χ0n) is 10.8. The van der Waals surface area contributed by atoms with E-state index in [2.05, 4.69) is 0 Å². The van der Waals surface area contributed by atoms with Crippen LogP contribution in [0.4, 0.5) is 17.1 Å². The Labute approximate surface area is 112 Å². The fourth-order valence-electron chi connectivity index (χ4n) is 2.66. The Bertz CT molecular complexity index is 464. The van der Waals surface area contributed by atoms with Gasteiger partial charge in [-0.25, -0.2) is 0 Å². The second-order valence-electron chi connectivity index (χ2n) is 4.85. The quantitative estimate of drug-likeness (QED) is 0.495. The van der Waals surface area contributed by atoms with E-state index in [1.807, 2.05) is 4.90 Å². The molecule has 1 aromatic rings. The molecule has 0 spiro atoms. The Kier molecular flexibility index (Phi) is 4.21. The molecule has 1 unspecified atom stereocenters. The SMILES string of the molecule is Nc1cccc(N2CCCCCC2CO)c1[N+](=O)[O-]. The summed E-state index contributed by atoms with van der Waals surface area (Å²) in [4.78, 5) is 12.7. The van der Waals surface area contributed by atoms with Gasteiger partial charge < -0.3 is 15.7 Å². The van der Waals surface area contributed by atoms with Crippen LogP contribution in [0.2, 0.25) is 0 Å². The Morgan fingerprint density at radius 3 is 2.89 bits per heavy atom. The second-order valence-corrected chi connectivity index (χ2v) is 4.85. The van der Waals surface area contributed by atoms with E-state index in [1.54, 1.807) is 12.1 Å². The summed E-state index contributed by atoms with van der Waals surface area (Å²) in [7, 11) is 0. The van der Waals surface area contributed by atoms with Crippen LogP contribution < -0.4 is 10.6 Å². The predicted octanol–water partition coefficient (Wildman–Crippen LogP) is 1.92. The summed E-state index contributed by atoms with van der Waals surface area (Å²) in [5.74, 6) is 0. The molecule has 1 aromatic carbocycles. The largest absolute Gasteiger partial charge is 0.394 e. The summed E-state index contributed by atoms with van der Waals surface area (Å²) in [6.45, 7) is 0.724. The number of nitrogen functional groups attached to an aromatic ring is 1. The number of nitro benzene ring substituents is 1. The van der Waals surface area contributed by atoms with Crippen LogP contribution in [0.5, 0.6) is 0 Å². The van der Waals surface area contributed by atoms with Gasteiger partial charge in [-0.3, -0.25) is 10.1 Å². The van der Waals surface area contributed by atoms with Crippen molar-refractivity contribution in [2.45, 2.75) is 31.7 Å². The number of nitro groups is 1. The van der Waals surface area contributed by atoms with E-state index in [0.29, 0.717) is 5.69 Å². The second kappa shape index (κ2) is 5.88. The minimum Gasteiger partial charge on any atom is -0.394 e. The van der Waals surface area contributed by atoms with Gasteiger partial charge in [0, 0.05) is 6.54 Å². The summed E-state index contributed by atoms with van der Waals surface area (Å²) >= 11 is 0. The zero-order chi connectivity index (χ0) is 13.8. The van der Waals surface area contributed by atoms with E-state index in [9.17, 15) is 15.2 Å². The molecule has 1 fully saturated rings. The van der Waals surface area contributed by atoms with E-state index in [4.69, 9.17) is 5.73 Å². The molecule has 6 heteroatoms. The highest BCUT2D eigenvalue weighted by molar-refractivity contribution is 5.75. The summed E-state index contributed by atoms with van der Waals surface area (Å²) in [5.41, 5.74) is 6.36. The molecule has 1 heterocycles.